The van der Waals surface area contributed by atoms with Crippen LogP contribution < -0.4 is 9.47 Å². The molecule has 7 rings (SSSR count). The number of hydrogen-bond acceptors (Lipinski definition) is 9. The molecule has 0 atom stereocenters. The lowest BCUT2D eigenvalue weighted by Crippen LogP contribution is -2.31. The molecule has 1 aliphatic rings. The van der Waals surface area contributed by atoms with E-state index in [1.165, 1.54) is 33.4 Å². The van der Waals surface area contributed by atoms with E-state index in [0.29, 0.717) is 63.0 Å². The second-order valence-corrected chi connectivity index (χ2v) is 16.4. The Bertz CT molecular complexity index is 2450. The molecule has 2 heterocycles. The number of ether oxygens (including phenoxy) is 3. The first-order valence-corrected chi connectivity index (χ1v) is 20.4. The maximum atomic E-state index is 16.4. The van der Waals surface area contributed by atoms with Crippen LogP contribution in [0.2, 0.25) is 0 Å². The Kier molecular flexibility index (Phi) is 11.9. The highest BCUT2D eigenvalue weighted by Gasteiger charge is 2.32. The maximum Gasteiger partial charge on any atom is 0.360 e. The predicted octanol–water partition coefficient (Wildman–Crippen LogP) is 8.70. The van der Waals surface area contributed by atoms with E-state index in [2.05, 4.69) is 20.9 Å². The Labute approximate surface area is 337 Å². The summed E-state index contributed by atoms with van der Waals surface area (Å²) in [4.78, 5) is 16.4. The standard InChI is InChI=1S/C42H39BrF2N4O7S/c1-4-55-41(50)37-25-56-42(46-37)49-38(21-26-5-6-26)33(40(47-49)30-12-17-35(44)34(43)22-30)19-29-11-18-39(36(45)20-29)57(51,52)48(23-27-7-13-31(53-2)14-8-27)24-28-9-15-32(54-3)16-10-28/h7-18,20,22,25-26H,4-6,19,21,23-24H2,1-3H3. The van der Waals surface area contributed by atoms with Crippen molar-refractivity contribution in [1.82, 2.24) is 19.1 Å². The highest BCUT2D eigenvalue weighted by atomic mass is 79.9. The number of carbonyl (C=O) groups excluding carboxylic acids is 1. The fraction of sp³-hybridized carbons (Fsp3) is 0.262. The summed E-state index contributed by atoms with van der Waals surface area (Å²) in [5, 5.41) is 4.87. The van der Waals surface area contributed by atoms with Gasteiger partial charge in [-0.2, -0.15) is 19.1 Å². The largest absolute Gasteiger partial charge is 0.497 e. The average molecular weight is 862 g/mol. The normalized spacial score (nSPS) is 12.9. The van der Waals surface area contributed by atoms with Crippen molar-refractivity contribution in [1.29, 1.82) is 0 Å². The van der Waals surface area contributed by atoms with Crippen molar-refractivity contribution in [2.24, 2.45) is 5.92 Å². The summed E-state index contributed by atoms with van der Waals surface area (Å²) in [6.07, 6.45) is 3.89. The lowest BCUT2D eigenvalue weighted by atomic mass is 9.97. The van der Waals surface area contributed by atoms with Gasteiger partial charge in [-0.25, -0.2) is 22.0 Å². The lowest BCUT2D eigenvalue weighted by Gasteiger charge is -2.23. The second-order valence-electron chi connectivity index (χ2n) is 13.6. The van der Waals surface area contributed by atoms with Gasteiger partial charge >= 0.3 is 12.0 Å². The summed E-state index contributed by atoms with van der Waals surface area (Å²) in [6, 6.07) is 22.6. The molecule has 0 saturated heterocycles. The summed E-state index contributed by atoms with van der Waals surface area (Å²) < 4.78 is 83.8. The van der Waals surface area contributed by atoms with Crippen LogP contribution in [0.1, 0.15) is 58.2 Å². The Balaban J connectivity index is 1.27. The molecule has 11 nitrogen and oxygen atoms in total. The monoisotopic (exact) mass is 860 g/mol. The van der Waals surface area contributed by atoms with Crippen LogP contribution in [0, 0.1) is 17.6 Å². The lowest BCUT2D eigenvalue weighted by molar-refractivity contribution is 0.0519. The van der Waals surface area contributed by atoms with Crippen LogP contribution in [0.3, 0.4) is 0 Å². The maximum absolute atomic E-state index is 16.4. The summed E-state index contributed by atoms with van der Waals surface area (Å²) in [5.41, 5.74) is 4.25. The Hall–Kier alpha value is -5.38. The molecule has 57 heavy (non-hydrogen) atoms. The fourth-order valence-electron chi connectivity index (χ4n) is 6.47. The molecule has 1 fully saturated rings. The number of methoxy groups -OCH3 is 2. The third-order valence-electron chi connectivity index (χ3n) is 9.65. The van der Waals surface area contributed by atoms with Gasteiger partial charge < -0.3 is 18.6 Å². The number of benzene rings is 4. The van der Waals surface area contributed by atoms with Gasteiger partial charge in [-0.05, 0) is 119 Å². The van der Waals surface area contributed by atoms with Gasteiger partial charge in [-0.3, -0.25) is 0 Å². The van der Waals surface area contributed by atoms with Gasteiger partial charge in [-0.15, -0.1) is 0 Å². The predicted molar refractivity (Wildman–Crippen MR) is 211 cm³/mol. The number of sulfonamides is 1. The zero-order valence-electron chi connectivity index (χ0n) is 31.4. The number of esters is 1. The first kappa shape index (κ1) is 39.8. The van der Waals surface area contributed by atoms with Gasteiger partial charge in [0.2, 0.25) is 10.0 Å². The van der Waals surface area contributed by atoms with E-state index in [1.807, 2.05) is 0 Å². The number of rotatable bonds is 16. The summed E-state index contributed by atoms with van der Waals surface area (Å²) >= 11 is 3.28. The third-order valence-corrected chi connectivity index (χ3v) is 12.1. The molecule has 296 valence electrons. The number of oxazole rings is 1. The average Bonchev–Trinajstić information content (AvgIpc) is 3.77. The van der Waals surface area contributed by atoms with Crippen molar-refractivity contribution in [3.8, 4) is 28.8 Å². The number of halogens is 3. The van der Waals surface area contributed by atoms with E-state index in [4.69, 9.17) is 23.7 Å². The molecule has 0 spiro atoms. The van der Waals surface area contributed by atoms with Crippen LogP contribution in [0.4, 0.5) is 8.78 Å². The van der Waals surface area contributed by atoms with Crippen LogP contribution in [0.15, 0.2) is 105 Å². The first-order valence-electron chi connectivity index (χ1n) is 18.2. The molecule has 15 heteroatoms. The molecule has 4 aromatic carbocycles. The molecule has 0 amide bonds. The van der Waals surface area contributed by atoms with Gasteiger partial charge in [-0.1, -0.05) is 30.3 Å². The zero-order valence-corrected chi connectivity index (χ0v) is 33.8. The number of carbonyl (C=O) groups is 1. The molecular weight excluding hydrogens is 822 g/mol. The van der Waals surface area contributed by atoms with Crippen molar-refractivity contribution in [3.05, 3.63) is 141 Å². The van der Waals surface area contributed by atoms with E-state index in [-0.39, 0.29) is 42.3 Å². The topological polar surface area (TPSA) is 126 Å². The molecular formula is C42H39BrF2N4O7S. The molecule has 6 aromatic rings. The van der Waals surface area contributed by atoms with E-state index in [0.717, 1.165) is 12.8 Å². The number of nitrogens with zero attached hydrogens (tertiary/aromatic N) is 4. The van der Waals surface area contributed by atoms with Crippen molar-refractivity contribution >= 4 is 31.9 Å². The van der Waals surface area contributed by atoms with E-state index in [1.54, 1.807) is 87.9 Å². The van der Waals surface area contributed by atoms with E-state index < -0.39 is 32.5 Å². The van der Waals surface area contributed by atoms with Gasteiger partial charge in [0.15, 0.2) is 5.69 Å². The van der Waals surface area contributed by atoms with E-state index >= 15 is 4.39 Å². The SMILES string of the molecule is CCOC(=O)c1coc(-n2nc(-c3ccc(F)c(Br)c3)c(Cc3ccc(S(=O)(=O)N(Cc4ccc(OC)cc4)Cc4ccc(OC)cc4)c(F)c3)c2CC2CC2)n1. The minimum absolute atomic E-state index is 0.0285. The van der Waals surface area contributed by atoms with E-state index in [9.17, 15) is 17.6 Å². The van der Waals surface area contributed by atoms with Crippen molar-refractivity contribution in [2.75, 3.05) is 20.8 Å². The smallest absolute Gasteiger partial charge is 0.360 e. The first-order chi connectivity index (χ1) is 27.5. The van der Waals surface area contributed by atoms with Crippen LogP contribution in [-0.4, -0.2) is 54.3 Å². The molecule has 0 unspecified atom stereocenters. The Morgan fingerprint density at radius 3 is 2.09 bits per heavy atom. The molecule has 0 N–H and O–H groups in total. The molecule has 2 aromatic heterocycles. The minimum atomic E-state index is -4.39. The summed E-state index contributed by atoms with van der Waals surface area (Å²) in [7, 11) is -1.29. The highest BCUT2D eigenvalue weighted by molar-refractivity contribution is 9.10. The van der Waals surface area contributed by atoms with Crippen LogP contribution in [0.5, 0.6) is 11.5 Å². The van der Waals surface area contributed by atoms with Gasteiger partial charge in [0.05, 0.1) is 36.7 Å². The van der Waals surface area contributed by atoms with Gasteiger partial charge in [0, 0.05) is 30.6 Å². The minimum Gasteiger partial charge on any atom is -0.497 e. The quantitative estimate of drug-likeness (QED) is 0.0879. The van der Waals surface area contributed by atoms with Crippen LogP contribution in [0.25, 0.3) is 17.3 Å². The molecule has 1 saturated carbocycles. The Morgan fingerprint density at radius 2 is 1.53 bits per heavy atom. The molecule has 0 bridgehead atoms. The van der Waals surface area contributed by atoms with Crippen molar-refractivity contribution in [3.63, 3.8) is 0 Å². The third kappa shape index (κ3) is 8.95. The van der Waals surface area contributed by atoms with Gasteiger partial charge in [0.25, 0.3) is 0 Å². The molecule has 0 radical (unpaired) electrons. The van der Waals surface area contributed by atoms with Crippen molar-refractivity contribution < 1.29 is 40.6 Å². The van der Waals surface area contributed by atoms with Gasteiger partial charge in [0.1, 0.15) is 34.3 Å². The van der Waals surface area contributed by atoms with Crippen molar-refractivity contribution in [2.45, 2.75) is 50.6 Å². The van der Waals surface area contributed by atoms with Crippen LogP contribution >= 0.6 is 15.9 Å². The summed E-state index contributed by atoms with van der Waals surface area (Å²) in [6.45, 7) is 1.78. The zero-order chi connectivity index (χ0) is 40.3. The number of hydrogen-bond donors (Lipinski definition) is 0. The highest BCUT2D eigenvalue weighted by Crippen LogP contribution is 2.39. The summed E-state index contributed by atoms with van der Waals surface area (Å²) in [5.74, 6) is -0.449. The fourth-order valence-corrected chi connectivity index (χ4v) is 8.31. The second kappa shape index (κ2) is 17.0. The Morgan fingerprint density at radius 1 is 0.895 bits per heavy atom. The van der Waals surface area contributed by atoms with Crippen LogP contribution in [-0.2, 0) is 40.7 Å². The molecule has 0 aliphatic heterocycles. The number of aromatic nitrogens is 3. The molecule has 1 aliphatic carbocycles.